The van der Waals surface area contributed by atoms with Crippen molar-refractivity contribution in [3.05, 3.63) is 23.8 Å². The quantitative estimate of drug-likeness (QED) is 0.722. The van der Waals surface area contributed by atoms with Crippen molar-refractivity contribution >= 4 is 17.7 Å². The normalized spacial score (nSPS) is 10.9. The minimum Gasteiger partial charge on any atom is -0.496 e. The summed E-state index contributed by atoms with van der Waals surface area (Å²) in [6.45, 7) is 5.61. The van der Waals surface area contributed by atoms with Crippen LogP contribution >= 0.6 is 0 Å². The van der Waals surface area contributed by atoms with Crippen molar-refractivity contribution in [3.8, 4) is 5.75 Å². The molecule has 1 rings (SSSR count). The molecule has 122 valence electrons. The van der Waals surface area contributed by atoms with Crippen molar-refractivity contribution in [2.24, 2.45) is 0 Å². The Morgan fingerprint density at radius 2 is 2.00 bits per heavy atom. The van der Waals surface area contributed by atoms with Crippen molar-refractivity contribution in [1.29, 1.82) is 0 Å². The average Bonchev–Trinajstić information content (AvgIpc) is 2.44. The lowest BCUT2D eigenvalue weighted by molar-refractivity contribution is -0.137. The lowest BCUT2D eigenvalue weighted by Crippen LogP contribution is -2.45. The minimum atomic E-state index is -0.879. The van der Waals surface area contributed by atoms with E-state index in [0.29, 0.717) is 12.1 Å². The van der Waals surface area contributed by atoms with Crippen LogP contribution in [-0.4, -0.2) is 29.8 Å². The molecule has 0 aromatic heterocycles. The molecule has 22 heavy (non-hydrogen) atoms. The van der Waals surface area contributed by atoms with Gasteiger partial charge in [0, 0.05) is 23.7 Å². The summed E-state index contributed by atoms with van der Waals surface area (Å²) < 4.78 is 5.29. The summed E-state index contributed by atoms with van der Waals surface area (Å²) in [5.41, 5.74) is 1.09. The predicted octanol–water partition coefficient (Wildman–Crippen LogP) is 3.02. The highest BCUT2D eigenvalue weighted by Crippen LogP contribution is 2.23. The van der Waals surface area contributed by atoms with Crippen LogP contribution in [0.1, 0.15) is 39.2 Å². The first kappa shape index (κ1) is 17.8. The summed E-state index contributed by atoms with van der Waals surface area (Å²) in [5.74, 6) is -0.152. The number of carbonyl (C=O) groups is 2. The number of nitrogens with one attached hydrogen (secondary N) is 2. The lowest BCUT2D eigenvalue weighted by atomic mass is 9.99. The molecule has 0 saturated carbocycles. The van der Waals surface area contributed by atoms with E-state index in [1.54, 1.807) is 27.0 Å². The molecular weight excluding hydrogens is 284 g/mol. The molecule has 1 aromatic carbocycles. The third kappa shape index (κ3) is 5.63. The molecule has 6 heteroatoms. The number of rotatable bonds is 7. The minimum absolute atomic E-state index is 0.00625. The zero-order chi connectivity index (χ0) is 16.8. The first-order chi connectivity index (χ1) is 10.3. The van der Waals surface area contributed by atoms with Gasteiger partial charge < -0.3 is 20.5 Å². The Balaban J connectivity index is 2.66. The van der Waals surface area contributed by atoms with Crippen LogP contribution in [0.5, 0.6) is 5.75 Å². The third-order valence-electron chi connectivity index (χ3n) is 3.34. The van der Waals surface area contributed by atoms with Crippen LogP contribution in [0, 0.1) is 0 Å². The maximum atomic E-state index is 12.0. The number of methoxy groups -OCH3 is 1. The topological polar surface area (TPSA) is 87.7 Å². The predicted molar refractivity (Wildman–Crippen MR) is 85.5 cm³/mol. The van der Waals surface area contributed by atoms with Crippen LogP contribution in [-0.2, 0) is 11.2 Å². The molecule has 0 atom stereocenters. The van der Waals surface area contributed by atoms with Crippen LogP contribution in [0.4, 0.5) is 10.5 Å². The zero-order valence-electron chi connectivity index (χ0n) is 13.5. The van der Waals surface area contributed by atoms with Crippen LogP contribution in [0.15, 0.2) is 18.2 Å². The number of urea groups is 1. The molecule has 0 aliphatic heterocycles. The number of hydrogen-bond donors (Lipinski definition) is 3. The van der Waals surface area contributed by atoms with Gasteiger partial charge in [-0.3, -0.25) is 4.79 Å². The van der Waals surface area contributed by atoms with Gasteiger partial charge in [-0.1, -0.05) is 13.0 Å². The van der Waals surface area contributed by atoms with Gasteiger partial charge in [0.15, 0.2) is 0 Å². The number of aliphatic carboxylic acids is 1. The van der Waals surface area contributed by atoms with E-state index in [-0.39, 0.29) is 12.5 Å². The molecule has 6 nitrogen and oxygen atoms in total. The molecule has 0 saturated heterocycles. The van der Waals surface area contributed by atoms with E-state index < -0.39 is 11.5 Å². The molecule has 0 aliphatic carbocycles. The summed E-state index contributed by atoms with van der Waals surface area (Å²) in [7, 11) is 1.59. The molecule has 0 aliphatic rings. The smallest absolute Gasteiger partial charge is 0.319 e. The molecule has 3 N–H and O–H groups in total. The Labute approximate surface area is 130 Å². The monoisotopic (exact) mass is 308 g/mol. The van der Waals surface area contributed by atoms with E-state index in [1.165, 1.54) is 0 Å². The number of hydrogen-bond acceptors (Lipinski definition) is 3. The van der Waals surface area contributed by atoms with Crippen molar-refractivity contribution in [3.63, 3.8) is 0 Å². The Kier molecular flexibility index (Phi) is 6.22. The zero-order valence-corrected chi connectivity index (χ0v) is 13.5. The number of benzene rings is 1. The van der Waals surface area contributed by atoms with Crippen LogP contribution in [0.3, 0.4) is 0 Å². The SMILES string of the molecule is CCc1ccc(NC(=O)NC(C)(C)CCC(=O)O)cc1OC. The van der Waals surface area contributed by atoms with Crippen LogP contribution in [0.2, 0.25) is 0 Å². The molecule has 0 radical (unpaired) electrons. The number of aryl methyl sites for hydroxylation is 1. The average molecular weight is 308 g/mol. The molecule has 0 unspecified atom stereocenters. The summed E-state index contributed by atoms with van der Waals surface area (Å²) in [4.78, 5) is 22.6. The number of carboxylic acids is 1. The van der Waals surface area contributed by atoms with E-state index in [2.05, 4.69) is 10.6 Å². The van der Waals surface area contributed by atoms with Crippen molar-refractivity contribution in [1.82, 2.24) is 5.32 Å². The van der Waals surface area contributed by atoms with Gasteiger partial charge in [-0.05, 0) is 38.3 Å². The second-order valence-electron chi connectivity index (χ2n) is 5.74. The molecule has 2 amide bonds. The first-order valence-corrected chi connectivity index (χ1v) is 7.25. The van der Waals surface area contributed by atoms with Gasteiger partial charge >= 0.3 is 12.0 Å². The highest BCUT2D eigenvalue weighted by molar-refractivity contribution is 5.90. The second-order valence-corrected chi connectivity index (χ2v) is 5.74. The van der Waals surface area contributed by atoms with E-state index in [4.69, 9.17) is 9.84 Å². The van der Waals surface area contributed by atoms with E-state index in [0.717, 1.165) is 17.7 Å². The standard InChI is InChI=1S/C16H24N2O4/c1-5-11-6-7-12(10-13(11)22-4)17-15(21)18-16(2,3)9-8-14(19)20/h6-7,10H,5,8-9H2,1-4H3,(H,19,20)(H2,17,18,21). The summed E-state index contributed by atoms with van der Waals surface area (Å²) in [6.07, 6.45) is 1.21. The summed E-state index contributed by atoms with van der Waals surface area (Å²) >= 11 is 0. The summed E-state index contributed by atoms with van der Waals surface area (Å²) in [6, 6.07) is 5.11. The number of ether oxygens (including phenoxy) is 1. The van der Waals surface area contributed by atoms with E-state index >= 15 is 0 Å². The number of carboxylic acid groups (broad SMARTS) is 1. The van der Waals surface area contributed by atoms with Gasteiger partial charge in [0.05, 0.1) is 7.11 Å². The van der Waals surface area contributed by atoms with Gasteiger partial charge in [-0.15, -0.1) is 0 Å². The van der Waals surface area contributed by atoms with Crippen molar-refractivity contribution in [2.75, 3.05) is 12.4 Å². The van der Waals surface area contributed by atoms with E-state index in [1.807, 2.05) is 19.1 Å². The number of amides is 2. The second kappa shape index (κ2) is 7.68. The Morgan fingerprint density at radius 1 is 1.32 bits per heavy atom. The van der Waals surface area contributed by atoms with Crippen LogP contribution in [0.25, 0.3) is 0 Å². The molecule has 0 spiro atoms. The fraction of sp³-hybridized carbons (Fsp3) is 0.500. The molecule has 0 heterocycles. The van der Waals surface area contributed by atoms with Gasteiger partial charge in [-0.25, -0.2) is 4.79 Å². The van der Waals surface area contributed by atoms with Crippen molar-refractivity contribution < 1.29 is 19.4 Å². The van der Waals surface area contributed by atoms with Crippen LogP contribution < -0.4 is 15.4 Å². The van der Waals surface area contributed by atoms with Gasteiger partial charge in [0.1, 0.15) is 5.75 Å². The fourth-order valence-corrected chi connectivity index (χ4v) is 2.07. The highest BCUT2D eigenvalue weighted by Gasteiger charge is 2.21. The third-order valence-corrected chi connectivity index (χ3v) is 3.34. The lowest BCUT2D eigenvalue weighted by Gasteiger charge is -2.25. The summed E-state index contributed by atoms with van der Waals surface area (Å²) in [5, 5.41) is 14.2. The Hall–Kier alpha value is -2.24. The Bertz CT molecular complexity index is 541. The molecule has 0 bridgehead atoms. The number of anilines is 1. The molecular formula is C16H24N2O4. The van der Waals surface area contributed by atoms with Gasteiger partial charge in [0.25, 0.3) is 0 Å². The largest absolute Gasteiger partial charge is 0.496 e. The maximum absolute atomic E-state index is 12.0. The van der Waals surface area contributed by atoms with Crippen molar-refractivity contribution in [2.45, 2.75) is 45.6 Å². The van der Waals surface area contributed by atoms with Gasteiger partial charge in [0.2, 0.25) is 0 Å². The van der Waals surface area contributed by atoms with Gasteiger partial charge in [-0.2, -0.15) is 0 Å². The van der Waals surface area contributed by atoms with E-state index in [9.17, 15) is 9.59 Å². The first-order valence-electron chi connectivity index (χ1n) is 7.25. The fourth-order valence-electron chi connectivity index (χ4n) is 2.07. The molecule has 1 aromatic rings. The highest BCUT2D eigenvalue weighted by atomic mass is 16.5. The molecule has 0 fully saturated rings. The maximum Gasteiger partial charge on any atom is 0.319 e. The Morgan fingerprint density at radius 3 is 2.55 bits per heavy atom. The number of carbonyl (C=O) groups excluding carboxylic acids is 1.